The van der Waals surface area contributed by atoms with Crippen molar-refractivity contribution < 1.29 is 9.90 Å². The standard InChI is InChI=1S/C16H26O2/c1-13(2)7-5-8-14(3)9-6-10-15(4)11-12-16(17)18/h7,9,11-12,15H,5-6,8,10H2,1-4H3,(H,17,18)/b12-11+,14-9+. The first-order valence-electron chi connectivity index (χ1n) is 6.62. The van der Waals surface area contributed by atoms with Crippen LogP contribution in [0.15, 0.2) is 35.5 Å². The molecule has 0 amide bonds. The number of carboxylic acid groups (broad SMARTS) is 1. The highest BCUT2D eigenvalue weighted by Crippen LogP contribution is 2.12. The molecule has 0 aliphatic rings. The second-order valence-electron chi connectivity index (χ2n) is 5.12. The summed E-state index contributed by atoms with van der Waals surface area (Å²) in [5.74, 6) is -0.543. The Hall–Kier alpha value is -1.31. The van der Waals surface area contributed by atoms with Crippen LogP contribution in [0, 0.1) is 5.92 Å². The van der Waals surface area contributed by atoms with E-state index in [-0.39, 0.29) is 0 Å². The summed E-state index contributed by atoms with van der Waals surface area (Å²) in [6.07, 6.45) is 11.8. The van der Waals surface area contributed by atoms with Crippen molar-refractivity contribution in [2.24, 2.45) is 5.92 Å². The minimum Gasteiger partial charge on any atom is -0.478 e. The molecule has 0 rings (SSSR count). The smallest absolute Gasteiger partial charge is 0.327 e. The monoisotopic (exact) mass is 250 g/mol. The van der Waals surface area contributed by atoms with Gasteiger partial charge < -0.3 is 5.11 Å². The van der Waals surface area contributed by atoms with E-state index in [1.54, 1.807) is 6.08 Å². The fourth-order valence-electron chi connectivity index (χ4n) is 1.63. The lowest BCUT2D eigenvalue weighted by Gasteiger charge is -2.04. The van der Waals surface area contributed by atoms with Crippen molar-refractivity contribution in [3.8, 4) is 0 Å². The molecule has 0 aliphatic carbocycles. The van der Waals surface area contributed by atoms with Crippen LogP contribution in [0.4, 0.5) is 0 Å². The summed E-state index contributed by atoms with van der Waals surface area (Å²) in [5.41, 5.74) is 2.79. The van der Waals surface area contributed by atoms with Crippen molar-refractivity contribution in [1.29, 1.82) is 0 Å². The summed E-state index contributed by atoms with van der Waals surface area (Å²) in [7, 11) is 0. The van der Waals surface area contributed by atoms with Crippen molar-refractivity contribution >= 4 is 5.97 Å². The molecule has 0 radical (unpaired) electrons. The maximum absolute atomic E-state index is 10.4. The Morgan fingerprint density at radius 2 is 1.83 bits per heavy atom. The zero-order chi connectivity index (χ0) is 14.0. The highest BCUT2D eigenvalue weighted by Gasteiger charge is 1.97. The van der Waals surface area contributed by atoms with E-state index in [9.17, 15) is 4.79 Å². The quantitative estimate of drug-likeness (QED) is 0.499. The predicted molar refractivity (Wildman–Crippen MR) is 77.6 cm³/mol. The van der Waals surface area contributed by atoms with E-state index in [4.69, 9.17) is 5.11 Å². The van der Waals surface area contributed by atoms with E-state index in [1.165, 1.54) is 17.2 Å². The minimum absolute atomic E-state index is 0.322. The van der Waals surface area contributed by atoms with Crippen LogP contribution in [0.1, 0.15) is 53.4 Å². The summed E-state index contributed by atoms with van der Waals surface area (Å²) in [6.45, 7) is 8.45. The van der Waals surface area contributed by atoms with E-state index in [0.717, 1.165) is 25.7 Å². The Kier molecular flexibility index (Phi) is 8.99. The number of allylic oxidation sites excluding steroid dienone is 5. The van der Waals surface area contributed by atoms with E-state index >= 15 is 0 Å². The first-order chi connectivity index (χ1) is 8.41. The molecule has 2 heteroatoms. The van der Waals surface area contributed by atoms with Crippen LogP contribution in [0.3, 0.4) is 0 Å². The average Bonchev–Trinajstić information content (AvgIpc) is 2.25. The molecule has 18 heavy (non-hydrogen) atoms. The van der Waals surface area contributed by atoms with Gasteiger partial charge in [-0.1, -0.05) is 36.3 Å². The Bertz CT molecular complexity index is 331. The number of hydrogen-bond acceptors (Lipinski definition) is 1. The van der Waals surface area contributed by atoms with Crippen LogP contribution in [0.2, 0.25) is 0 Å². The largest absolute Gasteiger partial charge is 0.478 e. The van der Waals surface area contributed by atoms with Gasteiger partial charge in [0.15, 0.2) is 0 Å². The average molecular weight is 250 g/mol. The van der Waals surface area contributed by atoms with Gasteiger partial charge in [-0.2, -0.15) is 0 Å². The van der Waals surface area contributed by atoms with Gasteiger partial charge in [0.2, 0.25) is 0 Å². The molecule has 0 saturated heterocycles. The summed E-state index contributed by atoms with van der Waals surface area (Å²) in [5, 5.41) is 8.51. The molecule has 1 unspecified atom stereocenters. The molecule has 0 aromatic heterocycles. The molecule has 0 aliphatic heterocycles. The van der Waals surface area contributed by atoms with Gasteiger partial charge in [0.25, 0.3) is 0 Å². The van der Waals surface area contributed by atoms with Gasteiger partial charge in [-0.3, -0.25) is 0 Å². The molecule has 0 fully saturated rings. The lowest BCUT2D eigenvalue weighted by atomic mass is 10.0. The Morgan fingerprint density at radius 1 is 1.17 bits per heavy atom. The fourth-order valence-corrected chi connectivity index (χ4v) is 1.63. The maximum Gasteiger partial charge on any atom is 0.327 e. The summed E-state index contributed by atoms with van der Waals surface area (Å²) in [6, 6.07) is 0. The number of carbonyl (C=O) groups is 1. The molecule has 0 spiro atoms. The van der Waals surface area contributed by atoms with Crippen LogP contribution in [0.5, 0.6) is 0 Å². The highest BCUT2D eigenvalue weighted by molar-refractivity contribution is 5.79. The van der Waals surface area contributed by atoms with Crippen molar-refractivity contribution in [2.45, 2.75) is 53.4 Å². The summed E-state index contributed by atoms with van der Waals surface area (Å²) in [4.78, 5) is 10.4. The molecule has 0 saturated carbocycles. The zero-order valence-corrected chi connectivity index (χ0v) is 12.1. The van der Waals surface area contributed by atoms with Crippen molar-refractivity contribution in [3.63, 3.8) is 0 Å². The third-order valence-corrected chi connectivity index (χ3v) is 2.77. The summed E-state index contributed by atoms with van der Waals surface area (Å²) >= 11 is 0. The molecule has 2 nitrogen and oxygen atoms in total. The molecule has 0 heterocycles. The third kappa shape index (κ3) is 11.2. The van der Waals surface area contributed by atoms with Crippen molar-refractivity contribution in [3.05, 3.63) is 35.5 Å². The van der Waals surface area contributed by atoms with E-state index in [2.05, 4.69) is 32.9 Å². The molecule has 0 aromatic rings. The zero-order valence-electron chi connectivity index (χ0n) is 12.1. The van der Waals surface area contributed by atoms with E-state index in [0.29, 0.717) is 5.92 Å². The highest BCUT2D eigenvalue weighted by atomic mass is 16.4. The Labute approximate surface area is 111 Å². The van der Waals surface area contributed by atoms with Crippen LogP contribution >= 0.6 is 0 Å². The maximum atomic E-state index is 10.4. The Balaban J connectivity index is 3.86. The van der Waals surface area contributed by atoms with Crippen LogP contribution in [-0.2, 0) is 4.79 Å². The minimum atomic E-state index is -0.865. The first kappa shape index (κ1) is 16.7. The van der Waals surface area contributed by atoms with Gasteiger partial charge in [-0.15, -0.1) is 0 Å². The van der Waals surface area contributed by atoms with Crippen molar-refractivity contribution in [1.82, 2.24) is 0 Å². The van der Waals surface area contributed by atoms with E-state index in [1.807, 2.05) is 6.92 Å². The lowest BCUT2D eigenvalue weighted by Crippen LogP contribution is -1.92. The van der Waals surface area contributed by atoms with Crippen LogP contribution in [-0.4, -0.2) is 11.1 Å². The molecule has 0 bridgehead atoms. The second kappa shape index (κ2) is 9.69. The van der Waals surface area contributed by atoms with Gasteiger partial charge in [-0.25, -0.2) is 4.79 Å². The van der Waals surface area contributed by atoms with Crippen LogP contribution < -0.4 is 0 Å². The number of rotatable bonds is 8. The number of hydrogen-bond donors (Lipinski definition) is 1. The Morgan fingerprint density at radius 3 is 2.39 bits per heavy atom. The molecule has 102 valence electrons. The number of carboxylic acids is 1. The third-order valence-electron chi connectivity index (χ3n) is 2.77. The van der Waals surface area contributed by atoms with Crippen molar-refractivity contribution in [2.75, 3.05) is 0 Å². The van der Waals surface area contributed by atoms with Gasteiger partial charge >= 0.3 is 5.97 Å². The molecular weight excluding hydrogens is 224 g/mol. The molecule has 1 atom stereocenters. The molecule has 0 aromatic carbocycles. The van der Waals surface area contributed by atoms with Gasteiger partial charge in [0, 0.05) is 6.08 Å². The number of aliphatic carboxylic acids is 1. The molecule has 1 N–H and O–H groups in total. The van der Waals surface area contributed by atoms with Gasteiger partial charge in [0.1, 0.15) is 0 Å². The van der Waals surface area contributed by atoms with E-state index < -0.39 is 5.97 Å². The predicted octanol–water partition coefficient (Wildman–Crippen LogP) is 4.74. The van der Waals surface area contributed by atoms with Gasteiger partial charge in [-0.05, 0) is 52.4 Å². The lowest BCUT2D eigenvalue weighted by molar-refractivity contribution is -0.131. The second-order valence-corrected chi connectivity index (χ2v) is 5.12. The molecular formula is C16H26O2. The first-order valence-corrected chi connectivity index (χ1v) is 6.62. The summed E-state index contributed by atoms with van der Waals surface area (Å²) < 4.78 is 0. The van der Waals surface area contributed by atoms with Crippen LogP contribution in [0.25, 0.3) is 0 Å². The fraction of sp³-hybridized carbons (Fsp3) is 0.562. The topological polar surface area (TPSA) is 37.3 Å². The van der Waals surface area contributed by atoms with Gasteiger partial charge in [0.05, 0.1) is 0 Å². The normalized spacial score (nSPS) is 13.7. The SMILES string of the molecule is CC(C)=CCC/C(C)=C/CCC(C)/C=C/C(=O)O.